The summed E-state index contributed by atoms with van der Waals surface area (Å²) >= 11 is 0. The summed E-state index contributed by atoms with van der Waals surface area (Å²) in [5.74, 6) is 0.768. The molecule has 1 amide bonds. The van der Waals surface area contributed by atoms with Crippen molar-refractivity contribution >= 4 is 17.4 Å². The fourth-order valence-electron chi connectivity index (χ4n) is 1.99. The van der Waals surface area contributed by atoms with Crippen LogP contribution in [0, 0.1) is 0 Å². The number of carbonyl (C=O) groups is 2. The van der Waals surface area contributed by atoms with Crippen LogP contribution in [0.25, 0.3) is 0 Å². The number of anilines is 1. The molecule has 0 spiro atoms. The molecule has 0 heterocycles. The summed E-state index contributed by atoms with van der Waals surface area (Å²) in [6.07, 6.45) is -0.696. The third-order valence-electron chi connectivity index (χ3n) is 3.30. The molecule has 2 aromatic rings. The van der Waals surface area contributed by atoms with Crippen molar-refractivity contribution in [1.82, 2.24) is 0 Å². The molecule has 5 nitrogen and oxygen atoms in total. The standard InChI is InChI=1S/C18H19NO4/c1-12(20)14-8-10-15(11-9-14)19-18(21)13(2)23-17-7-5-4-6-16(17)22-3/h4-11,13H,1-3H3,(H,19,21). The van der Waals surface area contributed by atoms with E-state index in [1.165, 1.54) is 6.92 Å². The van der Waals surface area contributed by atoms with Crippen LogP contribution < -0.4 is 14.8 Å². The van der Waals surface area contributed by atoms with E-state index in [0.717, 1.165) is 0 Å². The summed E-state index contributed by atoms with van der Waals surface area (Å²) in [4.78, 5) is 23.4. The molecule has 0 bridgehead atoms. The fourth-order valence-corrected chi connectivity index (χ4v) is 1.99. The fraction of sp³-hybridized carbons (Fsp3) is 0.222. The number of benzene rings is 2. The number of rotatable bonds is 6. The van der Waals surface area contributed by atoms with Gasteiger partial charge < -0.3 is 14.8 Å². The number of ketones is 1. The number of methoxy groups -OCH3 is 1. The Bertz CT molecular complexity index is 694. The van der Waals surface area contributed by atoms with Crippen molar-refractivity contribution in [3.05, 3.63) is 54.1 Å². The molecule has 120 valence electrons. The van der Waals surface area contributed by atoms with Gasteiger partial charge in [-0.05, 0) is 50.2 Å². The highest BCUT2D eigenvalue weighted by Gasteiger charge is 2.16. The van der Waals surface area contributed by atoms with Crippen LogP contribution in [0.3, 0.4) is 0 Å². The number of nitrogens with one attached hydrogen (secondary N) is 1. The molecule has 2 rings (SSSR count). The first-order valence-electron chi connectivity index (χ1n) is 7.23. The number of Topliss-reactive ketones (excluding diaryl/α,β-unsaturated/α-hetero) is 1. The largest absolute Gasteiger partial charge is 0.493 e. The minimum Gasteiger partial charge on any atom is -0.493 e. The molecule has 0 radical (unpaired) electrons. The average Bonchev–Trinajstić information content (AvgIpc) is 2.55. The Morgan fingerprint density at radius 1 is 1.00 bits per heavy atom. The van der Waals surface area contributed by atoms with E-state index in [1.807, 2.05) is 12.1 Å². The minimum absolute atomic E-state index is 0.0178. The summed E-state index contributed by atoms with van der Waals surface area (Å²) in [7, 11) is 1.55. The van der Waals surface area contributed by atoms with Crippen molar-refractivity contribution in [1.29, 1.82) is 0 Å². The van der Waals surface area contributed by atoms with Gasteiger partial charge in [-0.1, -0.05) is 12.1 Å². The maximum absolute atomic E-state index is 12.2. The first-order valence-corrected chi connectivity index (χ1v) is 7.23. The zero-order valence-electron chi connectivity index (χ0n) is 13.3. The maximum Gasteiger partial charge on any atom is 0.265 e. The van der Waals surface area contributed by atoms with Crippen molar-refractivity contribution in [2.75, 3.05) is 12.4 Å². The van der Waals surface area contributed by atoms with Gasteiger partial charge in [0.2, 0.25) is 0 Å². The second-order valence-corrected chi connectivity index (χ2v) is 5.03. The van der Waals surface area contributed by atoms with Gasteiger partial charge >= 0.3 is 0 Å². The second kappa shape index (κ2) is 7.45. The number of para-hydroxylation sites is 2. The molecule has 23 heavy (non-hydrogen) atoms. The maximum atomic E-state index is 12.2. The van der Waals surface area contributed by atoms with E-state index in [-0.39, 0.29) is 11.7 Å². The Balaban J connectivity index is 2.01. The second-order valence-electron chi connectivity index (χ2n) is 5.03. The van der Waals surface area contributed by atoms with E-state index in [4.69, 9.17) is 9.47 Å². The Morgan fingerprint density at radius 2 is 1.61 bits per heavy atom. The molecule has 1 unspecified atom stereocenters. The van der Waals surface area contributed by atoms with Gasteiger partial charge in [0.15, 0.2) is 23.4 Å². The molecule has 0 aromatic heterocycles. The van der Waals surface area contributed by atoms with E-state index in [1.54, 1.807) is 50.4 Å². The van der Waals surface area contributed by atoms with E-state index in [9.17, 15) is 9.59 Å². The monoisotopic (exact) mass is 313 g/mol. The topological polar surface area (TPSA) is 64.6 Å². The summed E-state index contributed by atoms with van der Waals surface area (Å²) < 4.78 is 10.8. The van der Waals surface area contributed by atoms with Crippen molar-refractivity contribution in [3.8, 4) is 11.5 Å². The Hall–Kier alpha value is -2.82. The molecule has 0 saturated heterocycles. The number of amides is 1. The molecular formula is C18H19NO4. The molecule has 1 N–H and O–H groups in total. The van der Waals surface area contributed by atoms with E-state index < -0.39 is 6.10 Å². The van der Waals surface area contributed by atoms with E-state index >= 15 is 0 Å². The van der Waals surface area contributed by atoms with Crippen molar-refractivity contribution < 1.29 is 19.1 Å². The minimum atomic E-state index is -0.696. The average molecular weight is 313 g/mol. The normalized spacial score (nSPS) is 11.4. The van der Waals surface area contributed by atoms with Crippen molar-refractivity contribution in [3.63, 3.8) is 0 Å². The van der Waals surface area contributed by atoms with Crippen LogP contribution in [0.2, 0.25) is 0 Å². The third-order valence-corrected chi connectivity index (χ3v) is 3.30. The zero-order chi connectivity index (χ0) is 16.8. The molecule has 0 aliphatic heterocycles. The van der Waals surface area contributed by atoms with Crippen LogP contribution in [-0.4, -0.2) is 24.9 Å². The van der Waals surface area contributed by atoms with Gasteiger partial charge in [-0.3, -0.25) is 9.59 Å². The number of ether oxygens (including phenoxy) is 2. The quantitative estimate of drug-likeness (QED) is 0.831. The van der Waals surface area contributed by atoms with Gasteiger partial charge in [-0.2, -0.15) is 0 Å². The lowest BCUT2D eigenvalue weighted by atomic mass is 10.1. The molecule has 1 atom stereocenters. The van der Waals surface area contributed by atoms with Crippen LogP contribution in [0.4, 0.5) is 5.69 Å². The van der Waals surface area contributed by atoms with E-state index in [0.29, 0.717) is 22.7 Å². The van der Waals surface area contributed by atoms with Crippen LogP contribution in [0.15, 0.2) is 48.5 Å². The number of hydrogen-bond acceptors (Lipinski definition) is 4. The van der Waals surface area contributed by atoms with Crippen LogP contribution in [0.5, 0.6) is 11.5 Å². The molecule has 5 heteroatoms. The third kappa shape index (κ3) is 4.32. The highest BCUT2D eigenvalue weighted by Crippen LogP contribution is 2.27. The summed E-state index contributed by atoms with van der Waals surface area (Å²) in [5, 5.41) is 2.75. The van der Waals surface area contributed by atoms with Crippen molar-refractivity contribution in [2.45, 2.75) is 20.0 Å². The molecular weight excluding hydrogens is 294 g/mol. The zero-order valence-corrected chi connectivity index (χ0v) is 13.3. The Morgan fingerprint density at radius 3 is 2.17 bits per heavy atom. The van der Waals surface area contributed by atoms with Crippen LogP contribution >= 0.6 is 0 Å². The smallest absolute Gasteiger partial charge is 0.265 e. The lowest BCUT2D eigenvalue weighted by Gasteiger charge is -2.16. The van der Waals surface area contributed by atoms with Gasteiger partial charge in [-0.15, -0.1) is 0 Å². The first kappa shape index (κ1) is 16.5. The molecule has 0 aliphatic rings. The lowest BCUT2D eigenvalue weighted by Crippen LogP contribution is -2.30. The lowest BCUT2D eigenvalue weighted by molar-refractivity contribution is -0.122. The summed E-state index contributed by atoms with van der Waals surface area (Å²) in [6.45, 7) is 3.16. The first-order chi connectivity index (χ1) is 11.0. The molecule has 2 aromatic carbocycles. The van der Waals surface area contributed by atoms with Crippen molar-refractivity contribution in [2.24, 2.45) is 0 Å². The van der Waals surface area contributed by atoms with E-state index in [2.05, 4.69) is 5.32 Å². The number of carbonyl (C=O) groups excluding carboxylic acids is 2. The van der Waals surface area contributed by atoms with Gasteiger partial charge in [0.25, 0.3) is 5.91 Å². The Kier molecular flexibility index (Phi) is 5.36. The van der Waals surface area contributed by atoms with Gasteiger partial charge in [-0.25, -0.2) is 0 Å². The van der Waals surface area contributed by atoms with Gasteiger partial charge in [0.05, 0.1) is 7.11 Å². The Labute approximate surface area is 135 Å². The summed E-state index contributed by atoms with van der Waals surface area (Å²) in [6, 6.07) is 13.9. The SMILES string of the molecule is COc1ccccc1OC(C)C(=O)Nc1ccc(C(C)=O)cc1. The van der Waals surface area contributed by atoms with Gasteiger partial charge in [0, 0.05) is 11.3 Å². The number of hydrogen-bond donors (Lipinski definition) is 1. The predicted molar refractivity (Wildman–Crippen MR) is 88.2 cm³/mol. The highest BCUT2D eigenvalue weighted by atomic mass is 16.5. The van der Waals surface area contributed by atoms with Gasteiger partial charge in [0.1, 0.15) is 0 Å². The van der Waals surface area contributed by atoms with Crippen LogP contribution in [0.1, 0.15) is 24.2 Å². The molecule has 0 fully saturated rings. The molecule has 0 aliphatic carbocycles. The highest BCUT2D eigenvalue weighted by molar-refractivity contribution is 5.96. The summed E-state index contributed by atoms with van der Waals surface area (Å²) in [5.41, 5.74) is 1.21. The van der Waals surface area contributed by atoms with Crippen LogP contribution in [-0.2, 0) is 4.79 Å². The molecule has 0 saturated carbocycles. The predicted octanol–water partition coefficient (Wildman–Crippen LogP) is 3.30.